The van der Waals surface area contributed by atoms with E-state index in [0.29, 0.717) is 30.7 Å². The van der Waals surface area contributed by atoms with Crippen molar-refractivity contribution < 1.29 is 24.2 Å². The number of hydrogen-bond acceptors (Lipinski definition) is 6. The summed E-state index contributed by atoms with van der Waals surface area (Å²) >= 11 is 0. The second-order valence-corrected chi connectivity index (χ2v) is 14.6. The van der Waals surface area contributed by atoms with E-state index >= 15 is 0 Å². The second kappa shape index (κ2) is 17.1. The number of carbonyl (C=O) groups is 2. The number of aromatic amines is 2. The summed E-state index contributed by atoms with van der Waals surface area (Å²) in [4.78, 5) is 35.1. The van der Waals surface area contributed by atoms with Crippen LogP contribution in [0.1, 0.15) is 81.3 Å². The van der Waals surface area contributed by atoms with Crippen LogP contribution in [0.15, 0.2) is 48.5 Å². The summed E-state index contributed by atoms with van der Waals surface area (Å²) in [5.41, 5.74) is 2.52. The highest BCUT2D eigenvalue weighted by Gasteiger charge is 2.23. The van der Waals surface area contributed by atoms with Crippen molar-refractivity contribution in [2.45, 2.75) is 66.3 Å². The summed E-state index contributed by atoms with van der Waals surface area (Å²) in [7, 11) is 0. The Balaban J connectivity index is 0.000000232. The maximum absolute atomic E-state index is 12.9. The minimum atomic E-state index is -0.962. The van der Waals surface area contributed by atoms with Crippen LogP contribution in [0.5, 0.6) is 11.5 Å². The lowest BCUT2D eigenvalue weighted by atomic mass is 9.99. The number of benzene rings is 2. The van der Waals surface area contributed by atoms with Crippen LogP contribution in [0.25, 0.3) is 21.8 Å². The predicted octanol–water partition coefficient (Wildman–Crippen LogP) is 7.03. The average molecular weight is 674 g/mol. The van der Waals surface area contributed by atoms with Crippen molar-refractivity contribution in [2.75, 3.05) is 52.5 Å². The van der Waals surface area contributed by atoms with Crippen molar-refractivity contribution in [3.05, 3.63) is 59.9 Å². The van der Waals surface area contributed by atoms with Gasteiger partial charge in [0.1, 0.15) is 22.9 Å². The third-order valence-electron chi connectivity index (χ3n) is 9.40. The largest absolute Gasteiger partial charge is 0.493 e. The van der Waals surface area contributed by atoms with Gasteiger partial charge in [0.05, 0.1) is 13.2 Å². The Morgan fingerprint density at radius 2 is 1.24 bits per heavy atom. The average Bonchev–Trinajstić information content (AvgIpc) is 3.73. The number of aromatic carboxylic acids is 1. The van der Waals surface area contributed by atoms with E-state index in [0.717, 1.165) is 71.7 Å². The highest BCUT2D eigenvalue weighted by molar-refractivity contribution is 6.00. The first kappa shape index (κ1) is 36.3. The van der Waals surface area contributed by atoms with E-state index in [-0.39, 0.29) is 17.6 Å². The summed E-state index contributed by atoms with van der Waals surface area (Å²) in [6.07, 6.45) is 4.72. The fraction of sp³-hybridized carbons (Fsp3) is 0.538. The van der Waals surface area contributed by atoms with Gasteiger partial charge in [0, 0.05) is 54.0 Å². The SMILES string of the molecule is CC(C)COc1cccc2[nH]c(C(=O)NC3CCN(CCN4CCC(C)CC4)CC3)cc12.CC(C)COc1cccc2[nH]c(C(=O)O)cc12. The molecule has 6 rings (SSSR count). The maximum atomic E-state index is 12.9. The molecule has 10 nitrogen and oxygen atoms in total. The number of ether oxygens (including phenoxy) is 2. The Morgan fingerprint density at radius 3 is 1.73 bits per heavy atom. The number of nitrogens with zero attached hydrogens (tertiary/aromatic N) is 2. The van der Waals surface area contributed by atoms with E-state index in [9.17, 15) is 9.59 Å². The normalized spacial score (nSPS) is 16.6. The van der Waals surface area contributed by atoms with Crippen molar-refractivity contribution in [1.29, 1.82) is 0 Å². The molecule has 1 amide bonds. The first-order valence-electron chi connectivity index (χ1n) is 18.0. The molecular weight excluding hydrogens is 618 g/mol. The fourth-order valence-electron chi connectivity index (χ4n) is 6.39. The maximum Gasteiger partial charge on any atom is 0.352 e. The number of rotatable bonds is 12. The van der Waals surface area contributed by atoms with Crippen LogP contribution in [0.3, 0.4) is 0 Å². The van der Waals surface area contributed by atoms with Crippen LogP contribution >= 0.6 is 0 Å². The first-order valence-corrected chi connectivity index (χ1v) is 18.0. The van der Waals surface area contributed by atoms with Crippen LogP contribution in [0, 0.1) is 17.8 Å². The number of fused-ring (bicyclic) bond motifs is 2. The Morgan fingerprint density at radius 1 is 0.776 bits per heavy atom. The Kier molecular flexibility index (Phi) is 12.6. The minimum Gasteiger partial charge on any atom is -0.493 e. The summed E-state index contributed by atoms with van der Waals surface area (Å²) in [6.45, 7) is 19.0. The second-order valence-electron chi connectivity index (χ2n) is 14.6. The van der Waals surface area contributed by atoms with Gasteiger partial charge in [-0.2, -0.15) is 0 Å². The summed E-state index contributed by atoms with van der Waals surface area (Å²) < 4.78 is 11.6. The molecule has 4 heterocycles. The van der Waals surface area contributed by atoms with Crippen molar-refractivity contribution in [3.63, 3.8) is 0 Å². The molecule has 10 heteroatoms. The number of aromatic nitrogens is 2. The smallest absolute Gasteiger partial charge is 0.352 e. The topological polar surface area (TPSA) is 123 Å². The summed E-state index contributed by atoms with van der Waals surface area (Å²) in [5, 5.41) is 14.0. The predicted molar refractivity (Wildman–Crippen MR) is 196 cm³/mol. The monoisotopic (exact) mass is 673 g/mol. The molecular formula is C39H55N5O5. The van der Waals surface area contributed by atoms with Crippen LogP contribution in [0.2, 0.25) is 0 Å². The highest BCUT2D eigenvalue weighted by atomic mass is 16.5. The van der Waals surface area contributed by atoms with E-state index in [1.165, 1.54) is 32.5 Å². The van der Waals surface area contributed by atoms with Crippen molar-refractivity contribution in [3.8, 4) is 11.5 Å². The van der Waals surface area contributed by atoms with E-state index in [2.05, 4.69) is 59.7 Å². The number of hydrogen-bond donors (Lipinski definition) is 4. The number of piperidine rings is 2. The molecule has 2 aromatic heterocycles. The molecule has 2 aliphatic heterocycles. The summed E-state index contributed by atoms with van der Waals surface area (Å²) in [5.74, 6) is 2.36. The van der Waals surface area contributed by atoms with Crippen LogP contribution in [0.4, 0.5) is 0 Å². The molecule has 0 aliphatic carbocycles. The van der Waals surface area contributed by atoms with Gasteiger partial charge in [-0.3, -0.25) is 4.79 Å². The van der Waals surface area contributed by atoms with Gasteiger partial charge < -0.3 is 39.7 Å². The molecule has 266 valence electrons. The van der Waals surface area contributed by atoms with Gasteiger partial charge in [-0.05, 0) is 92.9 Å². The molecule has 2 aliphatic rings. The Hall–Kier alpha value is -4.02. The number of likely N-dealkylation sites (tertiary alicyclic amines) is 2. The zero-order valence-electron chi connectivity index (χ0n) is 29.9. The van der Waals surface area contributed by atoms with Gasteiger partial charge in [0.15, 0.2) is 0 Å². The lowest BCUT2D eigenvalue weighted by molar-refractivity contribution is 0.0691. The quantitative estimate of drug-likeness (QED) is 0.127. The van der Waals surface area contributed by atoms with Gasteiger partial charge in [-0.25, -0.2) is 4.79 Å². The molecule has 0 saturated carbocycles. The van der Waals surface area contributed by atoms with Crippen LogP contribution < -0.4 is 14.8 Å². The fourth-order valence-corrected chi connectivity index (χ4v) is 6.39. The van der Waals surface area contributed by atoms with Gasteiger partial charge in [0.2, 0.25) is 0 Å². The summed E-state index contributed by atoms with van der Waals surface area (Å²) in [6, 6.07) is 15.3. The molecule has 0 atom stereocenters. The molecule has 0 radical (unpaired) electrons. The Labute approximate surface area is 290 Å². The third kappa shape index (κ3) is 10.2. The van der Waals surface area contributed by atoms with E-state index in [4.69, 9.17) is 14.6 Å². The highest BCUT2D eigenvalue weighted by Crippen LogP contribution is 2.28. The number of carboxylic acid groups (broad SMARTS) is 1. The molecule has 2 fully saturated rings. The Bertz CT molecular complexity index is 1660. The molecule has 0 bridgehead atoms. The zero-order valence-corrected chi connectivity index (χ0v) is 29.9. The van der Waals surface area contributed by atoms with Gasteiger partial charge >= 0.3 is 5.97 Å². The van der Waals surface area contributed by atoms with E-state index in [1.807, 2.05) is 42.5 Å². The molecule has 0 spiro atoms. The lowest BCUT2D eigenvalue weighted by Crippen LogP contribution is -2.47. The van der Waals surface area contributed by atoms with Crippen molar-refractivity contribution >= 4 is 33.7 Å². The lowest BCUT2D eigenvalue weighted by Gasteiger charge is -2.35. The van der Waals surface area contributed by atoms with Gasteiger partial charge in [-0.15, -0.1) is 0 Å². The number of H-pyrrole nitrogens is 2. The molecule has 49 heavy (non-hydrogen) atoms. The van der Waals surface area contributed by atoms with E-state index in [1.54, 1.807) is 6.07 Å². The third-order valence-corrected chi connectivity index (χ3v) is 9.40. The van der Waals surface area contributed by atoms with Crippen molar-refractivity contribution in [1.82, 2.24) is 25.1 Å². The first-order chi connectivity index (χ1) is 23.5. The number of carbonyl (C=O) groups excluding carboxylic acids is 1. The van der Waals surface area contributed by atoms with E-state index < -0.39 is 5.97 Å². The molecule has 4 N–H and O–H groups in total. The van der Waals surface area contributed by atoms with Crippen molar-refractivity contribution in [2.24, 2.45) is 17.8 Å². The number of nitrogens with one attached hydrogen (secondary N) is 3. The molecule has 0 unspecified atom stereocenters. The van der Waals surface area contributed by atoms with Gasteiger partial charge in [0.25, 0.3) is 5.91 Å². The molecule has 2 aromatic carbocycles. The number of carboxylic acids is 1. The van der Waals surface area contributed by atoms with Gasteiger partial charge in [-0.1, -0.05) is 46.8 Å². The minimum absolute atomic E-state index is 0.0168. The molecule has 4 aromatic rings. The molecule has 2 saturated heterocycles. The zero-order chi connectivity index (χ0) is 34.9. The standard InChI is InChI=1S/C26H40N4O2.C13H15NO3/c1-19(2)18-32-25-6-4-5-23-22(25)17-24(28-23)26(31)27-21-9-13-30(14-10-21)16-15-29-11-7-20(3)8-12-29;1-8(2)7-17-12-5-3-4-10-9(12)6-11(14-10)13(15)16/h4-6,17,19-21,28H,7-16,18H2,1-3H3,(H,27,31);3-6,8,14H,7H2,1-2H3,(H,15,16). The van der Waals surface area contributed by atoms with Crippen LogP contribution in [-0.2, 0) is 0 Å². The van der Waals surface area contributed by atoms with Crippen LogP contribution in [-0.4, -0.2) is 95.3 Å². The number of amides is 1.